The van der Waals surface area contributed by atoms with Crippen molar-refractivity contribution in [2.45, 2.75) is 0 Å². The summed E-state index contributed by atoms with van der Waals surface area (Å²) in [6.07, 6.45) is 0. The summed E-state index contributed by atoms with van der Waals surface area (Å²) in [6.45, 7) is 0. The molecule has 0 aliphatic rings. The first-order valence-corrected chi connectivity index (χ1v) is 13.9. The van der Waals surface area contributed by atoms with Gasteiger partial charge in [-0.2, -0.15) is 0 Å². The molecule has 0 fully saturated rings. The highest BCUT2D eigenvalue weighted by molar-refractivity contribution is 6.26. The molecule has 0 aliphatic carbocycles. The molecule has 0 aliphatic heterocycles. The first-order chi connectivity index (χ1) is 25.9. The lowest BCUT2D eigenvalue weighted by molar-refractivity contribution is 0.670. The quantitative estimate of drug-likeness (QED) is 0.197. The van der Waals surface area contributed by atoms with E-state index in [1.54, 1.807) is 0 Å². The summed E-state index contributed by atoms with van der Waals surface area (Å²) >= 11 is 0. The number of hydrogen-bond acceptors (Lipinski definition) is 1. The van der Waals surface area contributed by atoms with Crippen LogP contribution in [0.4, 0.5) is 0 Å². The molecule has 0 amide bonds. The average Bonchev–Trinajstić information content (AvgIpc) is 3.58. The van der Waals surface area contributed by atoms with Crippen LogP contribution in [0.3, 0.4) is 0 Å². The van der Waals surface area contributed by atoms with Gasteiger partial charge in [0.05, 0.1) is 15.1 Å². The van der Waals surface area contributed by atoms with Crippen molar-refractivity contribution in [3.8, 4) is 33.4 Å². The van der Waals surface area contributed by atoms with Gasteiger partial charge in [0, 0.05) is 16.3 Å². The van der Waals surface area contributed by atoms with E-state index in [-0.39, 0.29) is 44.7 Å². The number of rotatable bonds is 3. The molecule has 1 heteroatoms. The fourth-order valence-corrected chi connectivity index (χ4v) is 6.27. The Kier molecular flexibility index (Phi) is 3.41. The van der Waals surface area contributed by atoms with Crippen LogP contribution in [-0.4, -0.2) is 0 Å². The summed E-state index contributed by atoms with van der Waals surface area (Å²) in [6, 6.07) is 23.7. The molecular formula is C42H26O. The van der Waals surface area contributed by atoms with Crippen LogP contribution in [-0.2, 0) is 0 Å². The first kappa shape index (κ1) is 15.5. The van der Waals surface area contributed by atoms with Crippen molar-refractivity contribution >= 4 is 54.3 Å². The van der Waals surface area contributed by atoms with Gasteiger partial charge in [-0.3, -0.25) is 0 Å². The standard InChI is InChI=1S/C42H26O/c1-2-13-28(14-3-1)31-24-25-37(41-36-20-10-11-21-38(36)43-42(31)41)40-34-18-8-6-16-32(34)39(33-17-7-9-19-35(33)40)30-23-22-27-12-4-5-15-29(27)26-30/h1-26H/i1D,2D,3D,10D,11D,13D,14D,20D,21D,24D,25D. The number of furan rings is 1. The average molecular weight is 558 g/mol. The summed E-state index contributed by atoms with van der Waals surface area (Å²) in [5.74, 6) is 0. The molecule has 0 unspecified atom stereocenters. The summed E-state index contributed by atoms with van der Waals surface area (Å²) in [4.78, 5) is 0. The van der Waals surface area contributed by atoms with Gasteiger partial charge in [-0.1, -0.05) is 139 Å². The lowest BCUT2D eigenvalue weighted by Gasteiger charge is -2.19. The van der Waals surface area contributed by atoms with Gasteiger partial charge in [0.1, 0.15) is 11.2 Å². The lowest BCUT2D eigenvalue weighted by atomic mass is 9.84. The van der Waals surface area contributed by atoms with Crippen LogP contribution in [0, 0.1) is 0 Å². The van der Waals surface area contributed by atoms with E-state index in [0.29, 0.717) is 16.3 Å². The van der Waals surface area contributed by atoms with Crippen molar-refractivity contribution in [2.75, 3.05) is 0 Å². The zero-order valence-electron chi connectivity index (χ0n) is 33.6. The number of benzene rings is 8. The molecule has 1 nitrogen and oxygen atoms in total. The maximum absolute atomic E-state index is 9.71. The highest BCUT2D eigenvalue weighted by Crippen LogP contribution is 2.48. The van der Waals surface area contributed by atoms with E-state index in [2.05, 4.69) is 30.3 Å². The van der Waals surface area contributed by atoms with Crippen molar-refractivity contribution in [3.63, 3.8) is 0 Å². The Hall–Kier alpha value is -5.66. The third kappa shape index (κ3) is 3.65. The number of fused-ring (bicyclic) bond motifs is 6. The van der Waals surface area contributed by atoms with Crippen molar-refractivity contribution < 1.29 is 19.5 Å². The Labute approximate surface area is 264 Å². The van der Waals surface area contributed by atoms with E-state index in [0.717, 1.165) is 32.7 Å². The molecule has 43 heavy (non-hydrogen) atoms. The van der Waals surface area contributed by atoms with Crippen molar-refractivity contribution in [3.05, 3.63) is 157 Å². The minimum Gasteiger partial charge on any atom is -0.455 e. The van der Waals surface area contributed by atoms with Crippen molar-refractivity contribution in [1.29, 1.82) is 0 Å². The van der Waals surface area contributed by atoms with E-state index >= 15 is 0 Å². The van der Waals surface area contributed by atoms with Gasteiger partial charge in [-0.25, -0.2) is 0 Å². The molecule has 0 saturated heterocycles. The molecule has 0 N–H and O–H groups in total. The molecule has 1 heterocycles. The van der Waals surface area contributed by atoms with Crippen LogP contribution in [0.5, 0.6) is 0 Å². The van der Waals surface area contributed by atoms with E-state index < -0.39 is 60.4 Å². The maximum atomic E-state index is 9.71. The summed E-state index contributed by atoms with van der Waals surface area (Å²) in [5.41, 5.74) is 1.53. The Morgan fingerprint density at radius 2 is 1.05 bits per heavy atom. The summed E-state index contributed by atoms with van der Waals surface area (Å²) < 4.78 is 103. The fourth-order valence-electron chi connectivity index (χ4n) is 6.27. The predicted octanol–water partition coefficient (Wildman–Crippen LogP) is 12.0. The zero-order valence-corrected chi connectivity index (χ0v) is 22.6. The van der Waals surface area contributed by atoms with Gasteiger partial charge in [-0.05, 0) is 78.3 Å². The molecule has 9 rings (SSSR count). The van der Waals surface area contributed by atoms with E-state index in [9.17, 15) is 2.74 Å². The summed E-state index contributed by atoms with van der Waals surface area (Å²) in [5, 5.41) is 5.27. The fraction of sp³-hybridized carbons (Fsp3) is 0. The lowest BCUT2D eigenvalue weighted by Crippen LogP contribution is -1.92. The monoisotopic (exact) mass is 557 g/mol. The second-order valence-corrected chi connectivity index (χ2v) is 10.4. The van der Waals surface area contributed by atoms with Crippen LogP contribution in [0.25, 0.3) is 87.6 Å². The molecule has 8 aromatic carbocycles. The molecule has 200 valence electrons. The van der Waals surface area contributed by atoms with E-state index in [4.69, 9.17) is 16.8 Å². The van der Waals surface area contributed by atoms with Gasteiger partial charge in [-0.15, -0.1) is 0 Å². The Bertz CT molecular complexity index is 3040. The second-order valence-electron chi connectivity index (χ2n) is 10.4. The van der Waals surface area contributed by atoms with E-state index in [1.807, 2.05) is 60.7 Å². The number of para-hydroxylation sites is 1. The molecule has 9 aromatic rings. The smallest absolute Gasteiger partial charge is 0.143 e. The second kappa shape index (κ2) is 9.44. The van der Waals surface area contributed by atoms with E-state index in [1.165, 1.54) is 0 Å². The zero-order chi connectivity index (χ0) is 37.9. The molecule has 1 aromatic heterocycles. The Morgan fingerprint density at radius 3 is 1.79 bits per heavy atom. The minimum absolute atomic E-state index is 0.0418. The van der Waals surface area contributed by atoms with Gasteiger partial charge in [0.2, 0.25) is 0 Å². The van der Waals surface area contributed by atoms with Gasteiger partial charge >= 0.3 is 0 Å². The third-order valence-corrected chi connectivity index (χ3v) is 8.09. The van der Waals surface area contributed by atoms with Crippen molar-refractivity contribution in [2.24, 2.45) is 0 Å². The van der Waals surface area contributed by atoms with Crippen molar-refractivity contribution in [1.82, 2.24) is 0 Å². The highest BCUT2D eigenvalue weighted by atomic mass is 16.3. The first-order valence-electron chi connectivity index (χ1n) is 19.4. The van der Waals surface area contributed by atoms with Gasteiger partial charge in [0.15, 0.2) is 0 Å². The minimum atomic E-state index is -0.643. The molecule has 0 spiro atoms. The maximum Gasteiger partial charge on any atom is 0.143 e. The third-order valence-electron chi connectivity index (χ3n) is 8.09. The van der Waals surface area contributed by atoms with Crippen LogP contribution in [0.1, 0.15) is 15.1 Å². The van der Waals surface area contributed by atoms with Gasteiger partial charge < -0.3 is 4.42 Å². The Balaban J connectivity index is 1.52. The Morgan fingerprint density at radius 1 is 0.442 bits per heavy atom. The number of hydrogen-bond donors (Lipinski definition) is 0. The normalized spacial score (nSPS) is 15.3. The highest BCUT2D eigenvalue weighted by Gasteiger charge is 2.22. The molecule has 0 radical (unpaired) electrons. The molecular weight excluding hydrogens is 520 g/mol. The van der Waals surface area contributed by atoms with Crippen LogP contribution in [0.15, 0.2) is 162 Å². The predicted molar refractivity (Wildman–Crippen MR) is 183 cm³/mol. The topological polar surface area (TPSA) is 13.1 Å². The van der Waals surface area contributed by atoms with Crippen LogP contribution < -0.4 is 0 Å². The SMILES string of the molecule is [2H]c1c([2H])c([2H])c(-c2c([2H])c([2H])c(-c3c4ccccc4c(-c4ccc5ccccc5c4)c4ccccc34)c3c2oc2c([2H])c([2H])c([2H])c([2H])c23)c([2H])c1[2H]. The summed E-state index contributed by atoms with van der Waals surface area (Å²) in [7, 11) is 0. The van der Waals surface area contributed by atoms with Crippen LogP contribution in [0.2, 0.25) is 0 Å². The van der Waals surface area contributed by atoms with Gasteiger partial charge in [0.25, 0.3) is 0 Å². The molecule has 0 saturated carbocycles. The largest absolute Gasteiger partial charge is 0.455 e. The van der Waals surface area contributed by atoms with Crippen LogP contribution >= 0.6 is 0 Å². The molecule has 0 atom stereocenters. The molecule has 0 bridgehead atoms.